The van der Waals surface area contributed by atoms with Gasteiger partial charge in [-0.1, -0.05) is 0 Å². The molecule has 0 heterocycles. The molecule has 30 radical (unpaired) electrons. The maximum atomic E-state index is 12.6. The first-order chi connectivity index (χ1) is 23.5. The van der Waals surface area contributed by atoms with Crippen LogP contribution in [0.25, 0.3) is 0 Å². The number of amides is 1. The standard InChI is InChI=1S/C26H30NO6.3C5H5.3Fe/c28-24(13-14-25(29)30)27-26(18-31-15-21-7-1-2-8-21,19-32-16-22-9-3-4-10-22)20-33-17-23-11-5-6-12-23;3*1-2-4-5-3-1;;;/h1-12H,13-20H2,(H,27,28)(H,29,30);3*1-5H;;;/q;;;;3*+2. The molecule has 2 N–H and O–H groups in total. The third-order valence-corrected chi connectivity index (χ3v) is 6.77. The summed E-state index contributed by atoms with van der Waals surface area (Å²) in [5.74, 6) is 1.66. The van der Waals surface area contributed by atoms with Gasteiger partial charge in [-0.3, -0.25) is 9.59 Å². The number of ether oxygens (including phenoxy) is 3. The molecule has 6 aliphatic rings. The van der Waals surface area contributed by atoms with Crippen molar-refractivity contribution in [3.8, 4) is 0 Å². The summed E-state index contributed by atoms with van der Waals surface area (Å²) in [6, 6.07) is 0. The quantitative estimate of drug-likeness (QED) is 0.213. The molecule has 0 unspecified atom stereocenters. The van der Waals surface area contributed by atoms with Gasteiger partial charge in [0.25, 0.3) is 0 Å². The number of aliphatic carboxylic acids is 1. The van der Waals surface area contributed by atoms with E-state index in [1.54, 1.807) is 0 Å². The summed E-state index contributed by atoms with van der Waals surface area (Å²) in [6.07, 6.45) is 53.0. The summed E-state index contributed by atoms with van der Waals surface area (Å²) in [6.45, 7) is 1.60. The van der Waals surface area contributed by atoms with E-state index in [0.717, 1.165) is 17.8 Å². The molecule has 0 aliphatic heterocycles. The minimum Gasteiger partial charge on any atom is -0.481 e. The van der Waals surface area contributed by atoms with E-state index in [9.17, 15) is 9.59 Å². The van der Waals surface area contributed by atoms with E-state index in [1.165, 1.54) is 0 Å². The van der Waals surface area contributed by atoms with Gasteiger partial charge in [-0.15, -0.1) is 0 Å². The summed E-state index contributed by atoms with van der Waals surface area (Å²) < 4.78 is 17.9. The van der Waals surface area contributed by atoms with Crippen LogP contribution in [0.1, 0.15) is 12.8 Å². The Balaban J connectivity index is 0.00000114. The number of carbonyl (C=O) groups is 2. The molecule has 0 aromatic carbocycles. The molecular formula is C41H45Fe3NO6+6. The number of hydrogen-bond acceptors (Lipinski definition) is 5. The molecule has 7 nitrogen and oxygen atoms in total. The van der Waals surface area contributed by atoms with Crippen LogP contribution in [0, 0.1) is 191 Å². The maximum absolute atomic E-state index is 12.6. The molecule has 0 saturated heterocycles. The summed E-state index contributed by atoms with van der Waals surface area (Å²) in [7, 11) is 0. The molecule has 0 bridgehead atoms. The summed E-state index contributed by atoms with van der Waals surface area (Å²) >= 11 is 0. The second-order valence-corrected chi connectivity index (χ2v) is 11.0. The molecule has 51 heavy (non-hydrogen) atoms. The van der Waals surface area contributed by atoms with Gasteiger partial charge in [-0.25, -0.2) is 0 Å². The molecule has 6 fully saturated rings. The van der Waals surface area contributed by atoms with Crippen LogP contribution >= 0.6 is 0 Å². The van der Waals surface area contributed by atoms with Gasteiger partial charge >= 0.3 is 57.2 Å². The van der Waals surface area contributed by atoms with E-state index < -0.39 is 11.5 Å². The number of hydrogen-bond donors (Lipinski definition) is 2. The average molecular weight is 815 g/mol. The zero-order valence-electron chi connectivity index (χ0n) is 28.3. The molecule has 0 atom stereocenters. The van der Waals surface area contributed by atoms with Crippen molar-refractivity contribution < 1.29 is 80.1 Å². The number of nitrogens with one attached hydrogen (secondary N) is 1. The van der Waals surface area contributed by atoms with Crippen molar-refractivity contribution in [2.45, 2.75) is 18.4 Å². The van der Waals surface area contributed by atoms with Crippen LogP contribution in [0.15, 0.2) is 0 Å². The second-order valence-electron chi connectivity index (χ2n) is 11.0. The third-order valence-electron chi connectivity index (χ3n) is 6.77. The van der Waals surface area contributed by atoms with Crippen LogP contribution in [0.4, 0.5) is 0 Å². The Morgan fingerprint density at radius 2 is 0.706 bits per heavy atom. The Morgan fingerprint density at radius 1 is 0.451 bits per heavy atom. The molecule has 1 amide bonds. The summed E-state index contributed by atoms with van der Waals surface area (Å²) in [4.78, 5) is 23.5. The Bertz CT molecular complexity index is 706. The zero-order valence-corrected chi connectivity index (χ0v) is 31.6. The van der Waals surface area contributed by atoms with E-state index in [0.29, 0.717) is 19.8 Å². The second kappa shape index (κ2) is 33.7. The van der Waals surface area contributed by atoms with E-state index in [4.69, 9.17) is 19.3 Å². The van der Waals surface area contributed by atoms with Gasteiger partial charge in [-0.2, -0.15) is 0 Å². The molecule has 268 valence electrons. The minimum atomic E-state index is -1.02. The summed E-state index contributed by atoms with van der Waals surface area (Å²) in [5, 5.41) is 11.9. The first kappa shape index (κ1) is 51.4. The van der Waals surface area contributed by atoms with Crippen molar-refractivity contribution in [2.75, 3.05) is 39.6 Å². The van der Waals surface area contributed by atoms with E-state index in [1.807, 2.05) is 173 Å². The van der Waals surface area contributed by atoms with Gasteiger partial charge < -0.3 is 24.6 Å². The first-order valence-corrected chi connectivity index (χ1v) is 15.9. The van der Waals surface area contributed by atoms with Crippen LogP contribution < -0.4 is 5.32 Å². The topological polar surface area (TPSA) is 94.1 Å². The van der Waals surface area contributed by atoms with Crippen molar-refractivity contribution in [3.05, 3.63) is 191 Å². The Labute approximate surface area is 344 Å². The number of carboxylic acid groups (broad SMARTS) is 1. The minimum absolute atomic E-state index is 0. The van der Waals surface area contributed by atoms with Crippen LogP contribution in [-0.4, -0.2) is 62.2 Å². The van der Waals surface area contributed by atoms with Gasteiger partial charge in [0.15, 0.2) is 0 Å². The van der Waals surface area contributed by atoms with Crippen LogP contribution in [0.2, 0.25) is 0 Å². The monoisotopic (exact) mass is 815 g/mol. The Hall–Kier alpha value is 0.378. The van der Waals surface area contributed by atoms with Gasteiger partial charge in [-0.05, 0) is 173 Å². The molecule has 0 spiro atoms. The normalized spacial score (nSPS) is 20.4. The van der Waals surface area contributed by atoms with E-state index >= 15 is 0 Å². The Morgan fingerprint density at radius 3 is 0.941 bits per heavy atom. The smallest absolute Gasteiger partial charge is 0.481 e. The molecule has 10 heteroatoms. The SMILES string of the molecule is O=C(O)CCC(=O)NC(COC[C]1[CH][CH][CH][CH]1)(COC[C]1[CH][CH][CH][CH]1)COC[C]1[CH][CH][CH][CH]1.[CH]1[CH][CH][CH][CH]1.[CH]1[CH][CH][CH][CH]1.[CH]1[CH][CH][CH][CH]1.[Fe+2].[Fe+2].[Fe+2]. The van der Waals surface area contributed by atoms with Crippen molar-refractivity contribution in [2.24, 2.45) is 0 Å². The van der Waals surface area contributed by atoms with Crippen molar-refractivity contribution in [1.82, 2.24) is 5.32 Å². The third kappa shape index (κ3) is 26.0. The molecule has 0 aromatic rings. The number of carbonyl (C=O) groups excluding carboxylic acids is 1. The predicted octanol–water partition coefficient (Wildman–Crippen LogP) is 5.03. The van der Waals surface area contributed by atoms with Crippen LogP contribution in [0.5, 0.6) is 0 Å². The van der Waals surface area contributed by atoms with Crippen LogP contribution in [0.3, 0.4) is 0 Å². The predicted molar refractivity (Wildman–Crippen MR) is 186 cm³/mol. The summed E-state index contributed by atoms with van der Waals surface area (Å²) in [5.41, 5.74) is -0.971. The fourth-order valence-electron chi connectivity index (χ4n) is 4.40. The van der Waals surface area contributed by atoms with Gasteiger partial charge in [0.2, 0.25) is 5.91 Å². The van der Waals surface area contributed by atoms with E-state index in [-0.39, 0.29) is 89.8 Å². The fourth-order valence-corrected chi connectivity index (χ4v) is 4.40. The van der Waals surface area contributed by atoms with Gasteiger partial charge in [0.05, 0.1) is 46.1 Å². The number of carboxylic acids is 1. The molecular weight excluding hydrogens is 770 g/mol. The van der Waals surface area contributed by atoms with Crippen molar-refractivity contribution >= 4 is 11.9 Å². The first-order valence-electron chi connectivity index (χ1n) is 15.9. The van der Waals surface area contributed by atoms with Crippen molar-refractivity contribution in [1.29, 1.82) is 0 Å². The van der Waals surface area contributed by atoms with Crippen LogP contribution in [-0.2, 0) is 75.0 Å². The average Bonchev–Trinajstić information content (AvgIpc) is 3.95. The largest absolute Gasteiger partial charge is 2.00 e. The van der Waals surface area contributed by atoms with E-state index in [2.05, 4.69) is 5.32 Å². The molecule has 6 aliphatic carbocycles. The molecule has 6 saturated carbocycles. The molecule has 0 aromatic heterocycles. The fraction of sp³-hybridized carbons (Fsp3) is 0.220. The zero-order chi connectivity index (χ0) is 34.0. The number of rotatable bonds is 16. The van der Waals surface area contributed by atoms with Crippen molar-refractivity contribution in [3.63, 3.8) is 0 Å². The van der Waals surface area contributed by atoms with Gasteiger partial charge in [0.1, 0.15) is 5.54 Å². The van der Waals surface area contributed by atoms with Gasteiger partial charge in [0, 0.05) is 24.2 Å². The Kier molecular flexibility index (Phi) is 33.9. The maximum Gasteiger partial charge on any atom is 2.00 e. The molecule has 6 rings (SSSR count).